The van der Waals surface area contributed by atoms with Gasteiger partial charge >= 0.3 is 0 Å². The number of likely N-dealkylation sites (tertiary alicyclic amines) is 2. The van der Waals surface area contributed by atoms with Gasteiger partial charge in [-0.15, -0.1) is 0 Å². The third-order valence-corrected chi connectivity index (χ3v) is 5.63. The number of amides is 2. The van der Waals surface area contributed by atoms with Gasteiger partial charge in [0, 0.05) is 44.0 Å². The van der Waals surface area contributed by atoms with E-state index in [2.05, 4.69) is 10.1 Å². The number of hydrogen-bond donors (Lipinski definition) is 0. The van der Waals surface area contributed by atoms with Gasteiger partial charge in [0.1, 0.15) is 0 Å². The van der Waals surface area contributed by atoms with Crippen LogP contribution >= 0.6 is 0 Å². The number of piperidine rings is 1. The van der Waals surface area contributed by atoms with E-state index in [-0.39, 0.29) is 29.0 Å². The molecule has 4 rings (SSSR count). The van der Waals surface area contributed by atoms with E-state index in [0.717, 1.165) is 24.8 Å². The minimum Gasteiger partial charge on any atom is -0.479 e. The zero-order chi connectivity index (χ0) is 18.9. The van der Waals surface area contributed by atoms with Gasteiger partial charge in [0.2, 0.25) is 11.7 Å². The summed E-state index contributed by atoms with van der Waals surface area (Å²) in [5, 5.41) is 3.69. The molecule has 2 saturated heterocycles. The number of ether oxygens (including phenoxy) is 1. The lowest BCUT2D eigenvalue weighted by Crippen LogP contribution is -2.53. The van der Waals surface area contributed by atoms with E-state index >= 15 is 0 Å². The first-order valence-electron chi connectivity index (χ1n) is 9.11. The molecule has 0 bridgehead atoms. The Hall–Kier alpha value is -2.90. The van der Waals surface area contributed by atoms with Crippen LogP contribution in [0.4, 0.5) is 0 Å². The number of rotatable bonds is 4. The van der Waals surface area contributed by atoms with Gasteiger partial charge in [-0.2, -0.15) is 0 Å². The maximum atomic E-state index is 12.6. The Labute approximate surface area is 157 Å². The molecule has 2 aromatic rings. The second-order valence-electron chi connectivity index (χ2n) is 7.09. The summed E-state index contributed by atoms with van der Waals surface area (Å²) in [6.07, 6.45) is 6.45. The smallest absolute Gasteiger partial charge is 0.292 e. The van der Waals surface area contributed by atoms with E-state index in [1.54, 1.807) is 17.3 Å². The van der Waals surface area contributed by atoms with Crippen molar-refractivity contribution in [1.29, 1.82) is 0 Å². The molecule has 8 nitrogen and oxygen atoms in total. The summed E-state index contributed by atoms with van der Waals surface area (Å²) in [6, 6.07) is 5.37. The number of aromatic nitrogens is 2. The molecule has 0 unspecified atom stereocenters. The van der Waals surface area contributed by atoms with Gasteiger partial charge in [0.05, 0.1) is 13.2 Å². The molecule has 2 amide bonds. The largest absolute Gasteiger partial charge is 0.479 e. The Morgan fingerprint density at radius 3 is 2.81 bits per heavy atom. The van der Waals surface area contributed by atoms with Crippen LogP contribution in [0.5, 0.6) is 5.88 Å². The Bertz CT molecular complexity index is 827. The molecule has 0 saturated carbocycles. The van der Waals surface area contributed by atoms with E-state index in [0.29, 0.717) is 26.1 Å². The maximum absolute atomic E-state index is 12.6. The highest BCUT2D eigenvalue weighted by Crippen LogP contribution is 2.40. The van der Waals surface area contributed by atoms with Crippen LogP contribution in [-0.4, -0.2) is 57.5 Å². The fourth-order valence-corrected chi connectivity index (χ4v) is 4.06. The predicted molar refractivity (Wildman–Crippen MR) is 94.9 cm³/mol. The van der Waals surface area contributed by atoms with Gasteiger partial charge in [-0.1, -0.05) is 6.07 Å². The number of hydrogen-bond acceptors (Lipinski definition) is 6. The molecule has 142 valence electrons. The third-order valence-electron chi connectivity index (χ3n) is 5.63. The molecule has 4 heterocycles. The number of pyridine rings is 1. The zero-order valence-corrected chi connectivity index (χ0v) is 15.3. The monoisotopic (exact) mass is 370 g/mol. The average molecular weight is 370 g/mol. The minimum atomic E-state index is -0.191. The van der Waals surface area contributed by atoms with Gasteiger partial charge in [0.15, 0.2) is 0 Å². The third kappa shape index (κ3) is 3.27. The van der Waals surface area contributed by atoms with Gasteiger partial charge < -0.3 is 19.1 Å². The molecular weight excluding hydrogens is 348 g/mol. The van der Waals surface area contributed by atoms with E-state index in [1.807, 2.05) is 17.0 Å². The molecule has 0 atom stereocenters. The van der Waals surface area contributed by atoms with Crippen LogP contribution in [0.1, 0.15) is 41.8 Å². The highest BCUT2D eigenvalue weighted by Gasteiger charge is 2.47. The lowest BCUT2D eigenvalue weighted by atomic mass is 9.84. The first-order chi connectivity index (χ1) is 13.1. The fourth-order valence-electron chi connectivity index (χ4n) is 4.06. The van der Waals surface area contributed by atoms with E-state index in [1.165, 1.54) is 13.2 Å². The first kappa shape index (κ1) is 17.5. The lowest BCUT2D eigenvalue weighted by Gasteiger charge is -2.44. The summed E-state index contributed by atoms with van der Waals surface area (Å²) in [5.74, 6) is 0.454. The summed E-state index contributed by atoms with van der Waals surface area (Å²) in [4.78, 5) is 33.0. The topological polar surface area (TPSA) is 88.8 Å². The molecule has 0 aliphatic carbocycles. The van der Waals surface area contributed by atoms with Gasteiger partial charge in [-0.25, -0.2) is 0 Å². The van der Waals surface area contributed by atoms with Crippen molar-refractivity contribution in [2.45, 2.75) is 37.8 Å². The fraction of sp³-hybridized carbons (Fsp3) is 0.474. The summed E-state index contributed by atoms with van der Waals surface area (Å²) in [5.41, 5.74) is 0.849. The molecule has 8 heteroatoms. The molecule has 2 aliphatic rings. The first-order valence-corrected chi connectivity index (χ1v) is 9.11. The Kier molecular flexibility index (Phi) is 4.55. The van der Waals surface area contributed by atoms with Crippen molar-refractivity contribution >= 4 is 11.8 Å². The van der Waals surface area contributed by atoms with E-state index in [9.17, 15) is 9.59 Å². The van der Waals surface area contributed by atoms with E-state index in [4.69, 9.17) is 9.26 Å². The summed E-state index contributed by atoms with van der Waals surface area (Å²) in [6.45, 7) is 1.73. The molecule has 2 fully saturated rings. The Balaban J connectivity index is 1.45. The molecule has 2 aromatic heterocycles. The number of methoxy groups -OCH3 is 1. The van der Waals surface area contributed by atoms with Crippen LogP contribution in [0.15, 0.2) is 35.1 Å². The van der Waals surface area contributed by atoms with Crippen LogP contribution < -0.4 is 4.74 Å². The van der Waals surface area contributed by atoms with Crippen molar-refractivity contribution in [3.05, 3.63) is 41.9 Å². The molecular formula is C19H22N4O4. The molecule has 27 heavy (non-hydrogen) atoms. The van der Waals surface area contributed by atoms with Crippen molar-refractivity contribution in [2.24, 2.45) is 0 Å². The molecule has 0 N–H and O–H groups in total. The van der Waals surface area contributed by atoms with Crippen molar-refractivity contribution in [3.8, 4) is 5.88 Å². The van der Waals surface area contributed by atoms with Crippen LogP contribution in [-0.2, 0) is 11.3 Å². The quantitative estimate of drug-likeness (QED) is 0.816. The maximum Gasteiger partial charge on any atom is 0.292 e. The molecule has 0 radical (unpaired) electrons. The zero-order valence-electron chi connectivity index (χ0n) is 15.3. The van der Waals surface area contributed by atoms with Gasteiger partial charge in [-0.05, 0) is 36.0 Å². The van der Waals surface area contributed by atoms with Crippen molar-refractivity contribution in [2.75, 3.05) is 20.2 Å². The SMILES string of the molecule is COc1cc(C(=O)N2CCC3(CCC(=O)N3Cc3cccnc3)CC2)on1. The van der Waals surface area contributed by atoms with Gasteiger partial charge in [-0.3, -0.25) is 14.6 Å². The van der Waals surface area contributed by atoms with Crippen LogP contribution in [0.25, 0.3) is 0 Å². The summed E-state index contributed by atoms with van der Waals surface area (Å²) in [7, 11) is 1.48. The number of carbonyl (C=O) groups excluding carboxylic acids is 2. The lowest BCUT2D eigenvalue weighted by molar-refractivity contribution is -0.133. The predicted octanol–water partition coefficient (Wildman–Crippen LogP) is 1.88. The molecule has 0 aromatic carbocycles. The van der Waals surface area contributed by atoms with Crippen LogP contribution in [0, 0.1) is 0 Å². The Morgan fingerprint density at radius 2 is 2.15 bits per heavy atom. The second kappa shape index (κ2) is 7.02. The minimum absolute atomic E-state index is 0.178. The van der Waals surface area contributed by atoms with Gasteiger partial charge in [0.25, 0.3) is 11.8 Å². The highest BCUT2D eigenvalue weighted by molar-refractivity contribution is 5.91. The average Bonchev–Trinajstić information content (AvgIpc) is 3.30. The summed E-state index contributed by atoms with van der Waals surface area (Å²) >= 11 is 0. The second-order valence-corrected chi connectivity index (χ2v) is 7.09. The van der Waals surface area contributed by atoms with Crippen LogP contribution in [0.2, 0.25) is 0 Å². The van der Waals surface area contributed by atoms with Crippen molar-refractivity contribution < 1.29 is 18.8 Å². The van der Waals surface area contributed by atoms with Crippen molar-refractivity contribution in [1.82, 2.24) is 19.9 Å². The Morgan fingerprint density at radius 1 is 1.33 bits per heavy atom. The number of carbonyl (C=O) groups is 2. The van der Waals surface area contributed by atoms with E-state index < -0.39 is 0 Å². The normalized spacial score (nSPS) is 18.9. The van der Waals surface area contributed by atoms with Crippen molar-refractivity contribution in [3.63, 3.8) is 0 Å². The molecule has 1 spiro atoms. The number of nitrogens with zero attached hydrogens (tertiary/aromatic N) is 4. The summed E-state index contributed by atoms with van der Waals surface area (Å²) < 4.78 is 10.0. The highest BCUT2D eigenvalue weighted by atomic mass is 16.5. The van der Waals surface area contributed by atoms with Crippen LogP contribution in [0.3, 0.4) is 0 Å². The standard InChI is InChI=1S/C19H22N4O4/c1-26-16-11-15(27-21-16)18(25)22-9-6-19(7-10-22)5-4-17(24)23(19)13-14-3-2-8-20-12-14/h2-3,8,11-12H,4-7,9-10,13H2,1H3. The molecule has 2 aliphatic heterocycles.